The highest BCUT2D eigenvalue weighted by Crippen LogP contribution is 2.53. The van der Waals surface area contributed by atoms with Gasteiger partial charge in [-0.2, -0.15) is 0 Å². The van der Waals surface area contributed by atoms with E-state index in [1.807, 2.05) is 0 Å². The second-order valence-electron chi connectivity index (χ2n) is 11.8. The van der Waals surface area contributed by atoms with E-state index in [4.69, 9.17) is 17.3 Å². The molecule has 1 aromatic rings. The van der Waals surface area contributed by atoms with Crippen molar-refractivity contribution in [3.05, 3.63) is 44.7 Å². The van der Waals surface area contributed by atoms with Crippen LogP contribution in [0.25, 0.3) is 5.76 Å². The lowest BCUT2D eigenvalue weighted by molar-refractivity contribution is -0.153. The van der Waals surface area contributed by atoms with Crippen molar-refractivity contribution in [2.75, 3.05) is 27.2 Å². The van der Waals surface area contributed by atoms with Gasteiger partial charge in [0.05, 0.1) is 11.6 Å². The number of halogens is 1. The van der Waals surface area contributed by atoms with Crippen molar-refractivity contribution in [3.63, 3.8) is 0 Å². The number of hydrogen-bond acceptors (Lipinski definition) is 9. The second-order valence-corrected chi connectivity index (χ2v) is 12.2. The van der Waals surface area contributed by atoms with Gasteiger partial charge in [0.1, 0.15) is 22.8 Å². The van der Waals surface area contributed by atoms with Gasteiger partial charge >= 0.3 is 0 Å². The summed E-state index contributed by atoms with van der Waals surface area (Å²) >= 11 is 6.89. The van der Waals surface area contributed by atoms with Gasteiger partial charge in [-0.1, -0.05) is 24.9 Å². The fraction of sp³-hybridized carbons (Fsp3) is 0.552. The molecule has 0 saturated heterocycles. The smallest absolute Gasteiger partial charge is 0.255 e. The zero-order valence-corrected chi connectivity index (χ0v) is 23.7. The number of amides is 1. The number of likely N-dealkylation sites (N-methyl/N-ethyl adjacent to an activating group) is 1. The number of phenolic OH excluding ortho intramolecular Hbond substituents is 1. The summed E-state index contributed by atoms with van der Waals surface area (Å²) < 4.78 is 0. The van der Waals surface area contributed by atoms with Crippen LogP contribution in [0.3, 0.4) is 0 Å². The third kappa shape index (κ3) is 4.15. The zero-order chi connectivity index (χ0) is 29.3. The first-order chi connectivity index (χ1) is 18.8. The van der Waals surface area contributed by atoms with Crippen LogP contribution in [0.5, 0.6) is 5.75 Å². The van der Waals surface area contributed by atoms with Gasteiger partial charge in [0, 0.05) is 29.6 Å². The number of primary amides is 1. The first-order valence-electron chi connectivity index (χ1n) is 13.7. The molecule has 40 heavy (non-hydrogen) atoms. The summed E-state index contributed by atoms with van der Waals surface area (Å²) in [5, 5.41) is 45.4. The van der Waals surface area contributed by atoms with Gasteiger partial charge in [-0.15, -0.1) is 0 Å². The molecule has 2 fully saturated rings. The third-order valence-electron chi connectivity index (χ3n) is 9.31. The lowest BCUT2D eigenvalue weighted by atomic mass is 9.57. The Morgan fingerprint density at radius 2 is 1.88 bits per heavy atom. The molecule has 2 saturated carbocycles. The summed E-state index contributed by atoms with van der Waals surface area (Å²) in [4.78, 5) is 43.0. The van der Waals surface area contributed by atoms with Crippen molar-refractivity contribution < 1.29 is 34.8 Å². The standard InChI is InChI=1S/C29H36ClN3O7/c1-4-33(11-13-6-5-7-13)12-15-10-18(34)20-16(22(15)30)8-14-9-17-23(32(2)3)25(36)21(28(31)39)27(38)29(17,40)26(37)19(14)24(20)35/h10,13-14,17,23,34-35,38,40H,4-9,11-12H2,1-3H3,(H2,31,39)/t14-,17-,23-,29-/m0/s1. The molecule has 4 atom stereocenters. The minimum Gasteiger partial charge on any atom is -0.508 e. The molecular weight excluding hydrogens is 538 g/mol. The molecule has 11 heteroatoms. The number of carbonyl (C=O) groups is 3. The number of Topliss-reactive ketones (excluding diaryl/α,β-unsaturated/α-hetero) is 2. The highest BCUT2D eigenvalue weighted by molar-refractivity contribution is 6.32. The van der Waals surface area contributed by atoms with Gasteiger partial charge in [0.2, 0.25) is 5.78 Å². The number of rotatable bonds is 7. The predicted octanol–water partition coefficient (Wildman–Crippen LogP) is 2.24. The molecule has 10 nitrogen and oxygen atoms in total. The molecule has 0 heterocycles. The first kappa shape index (κ1) is 28.6. The van der Waals surface area contributed by atoms with Crippen LogP contribution in [0.2, 0.25) is 5.02 Å². The molecular formula is C29H36ClN3O7. The SMILES string of the molecule is CCN(Cc1cc(O)c2c(c1Cl)C[C@H]1C[C@H]3[C@H](N(C)C)C(=O)C(C(N)=O)=C(O)[C@@]3(O)C(=O)C1=C2O)CC1CCC1. The molecule has 0 aliphatic heterocycles. The minimum atomic E-state index is -2.66. The highest BCUT2D eigenvalue weighted by atomic mass is 35.5. The molecule has 1 aromatic carbocycles. The topological polar surface area (TPSA) is 165 Å². The number of carbonyl (C=O) groups excluding carboxylic acids is 3. The van der Waals surface area contributed by atoms with Crippen molar-refractivity contribution >= 4 is 34.8 Å². The van der Waals surface area contributed by atoms with E-state index in [9.17, 15) is 34.8 Å². The largest absolute Gasteiger partial charge is 0.508 e. The Bertz CT molecular complexity index is 1370. The molecule has 0 unspecified atom stereocenters. The van der Waals surface area contributed by atoms with Gasteiger partial charge in [-0.05, 0) is 75.4 Å². The van der Waals surface area contributed by atoms with Crippen molar-refractivity contribution in [1.29, 1.82) is 0 Å². The zero-order valence-electron chi connectivity index (χ0n) is 22.9. The van der Waals surface area contributed by atoms with E-state index in [2.05, 4.69) is 11.8 Å². The monoisotopic (exact) mass is 573 g/mol. The van der Waals surface area contributed by atoms with Crippen LogP contribution in [0.1, 0.15) is 49.3 Å². The maximum atomic E-state index is 13.9. The lowest BCUT2D eigenvalue weighted by Gasteiger charge is -2.50. The number of aliphatic hydroxyl groups is 3. The Morgan fingerprint density at radius 1 is 1.20 bits per heavy atom. The number of phenols is 1. The van der Waals surface area contributed by atoms with Crippen molar-refractivity contribution in [2.45, 2.75) is 57.2 Å². The Balaban J connectivity index is 1.60. The van der Waals surface area contributed by atoms with Crippen LogP contribution >= 0.6 is 11.6 Å². The molecule has 6 N–H and O–H groups in total. The van der Waals surface area contributed by atoms with E-state index < -0.39 is 58.0 Å². The van der Waals surface area contributed by atoms with Crippen LogP contribution in [0, 0.1) is 17.8 Å². The van der Waals surface area contributed by atoms with Crippen molar-refractivity contribution in [3.8, 4) is 5.75 Å². The van der Waals surface area contributed by atoms with E-state index in [-0.39, 0.29) is 29.7 Å². The fourth-order valence-corrected chi connectivity index (χ4v) is 7.33. The van der Waals surface area contributed by atoms with Crippen LogP contribution in [-0.2, 0) is 27.3 Å². The molecule has 4 aliphatic carbocycles. The van der Waals surface area contributed by atoms with Crippen molar-refractivity contribution in [1.82, 2.24) is 9.80 Å². The van der Waals surface area contributed by atoms with Crippen LogP contribution in [0.4, 0.5) is 0 Å². The second kappa shape index (κ2) is 10.2. The number of aliphatic hydroxyl groups excluding tert-OH is 2. The lowest BCUT2D eigenvalue weighted by Crippen LogP contribution is -2.65. The number of nitrogens with zero attached hydrogens (tertiary/aromatic N) is 2. The summed E-state index contributed by atoms with van der Waals surface area (Å²) in [6.45, 7) is 4.32. The Morgan fingerprint density at radius 3 is 2.42 bits per heavy atom. The maximum Gasteiger partial charge on any atom is 0.255 e. The number of ketones is 2. The predicted molar refractivity (Wildman–Crippen MR) is 148 cm³/mol. The van der Waals surface area contributed by atoms with Crippen LogP contribution in [0.15, 0.2) is 23.0 Å². The van der Waals surface area contributed by atoms with Gasteiger partial charge in [-0.3, -0.25) is 24.2 Å². The van der Waals surface area contributed by atoms with Gasteiger partial charge in [0.15, 0.2) is 11.4 Å². The number of fused-ring (bicyclic) bond motifs is 3. The Labute approximate surface area is 237 Å². The van der Waals surface area contributed by atoms with Gasteiger partial charge in [0.25, 0.3) is 5.91 Å². The summed E-state index contributed by atoms with van der Waals surface area (Å²) in [5.41, 5.74) is 2.88. The number of hydrogen-bond donors (Lipinski definition) is 5. The Hall–Kier alpha value is -2.92. The number of nitrogens with two attached hydrogens (primary N) is 1. The molecule has 0 aromatic heterocycles. The molecule has 1 amide bonds. The third-order valence-corrected chi connectivity index (χ3v) is 9.78. The van der Waals surface area contributed by atoms with Crippen LogP contribution < -0.4 is 5.73 Å². The number of aromatic hydroxyl groups is 1. The molecule has 0 bridgehead atoms. The van der Waals surface area contributed by atoms with E-state index in [1.165, 1.54) is 30.2 Å². The van der Waals surface area contributed by atoms with E-state index >= 15 is 0 Å². The summed E-state index contributed by atoms with van der Waals surface area (Å²) in [7, 11) is 3.13. The number of benzene rings is 1. The average Bonchev–Trinajstić information content (AvgIpc) is 2.85. The van der Waals surface area contributed by atoms with Gasteiger partial charge in [-0.25, -0.2) is 0 Å². The van der Waals surface area contributed by atoms with E-state index in [0.29, 0.717) is 28.6 Å². The molecule has 0 spiro atoms. The molecule has 4 aliphatic rings. The molecule has 216 valence electrons. The average molecular weight is 574 g/mol. The van der Waals surface area contributed by atoms with Gasteiger partial charge < -0.3 is 26.2 Å². The summed E-state index contributed by atoms with van der Waals surface area (Å²) in [5.74, 6) is -6.11. The van der Waals surface area contributed by atoms with E-state index in [0.717, 1.165) is 13.1 Å². The fourth-order valence-electron chi connectivity index (χ4n) is 7.05. The maximum absolute atomic E-state index is 13.9. The molecule has 5 rings (SSSR count). The normalized spacial score (nSPS) is 28.5. The van der Waals surface area contributed by atoms with Crippen LogP contribution in [-0.4, -0.2) is 86.5 Å². The quantitative estimate of drug-likeness (QED) is 0.308. The minimum absolute atomic E-state index is 0.00656. The van der Waals surface area contributed by atoms with Crippen molar-refractivity contribution in [2.24, 2.45) is 23.5 Å². The summed E-state index contributed by atoms with van der Waals surface area (Å²) in [6.07, 6.45) is 3.84. The van der Waals surface area contributed by atoms with E-state index in [1.54, 1.807) is 14.1 Å². The highest BCUT2D eigenvalue weighted by Gasteiger charge is 2.64. The molecule has 0 radical (unpaired) electrons. The summed E-state index contributed by atoms with van der Waals surface area (Å²) in [6, 6.07) is 0.369. The Kier molecular flexibility index (Phi) is 7.27. The first-order valence-corrected chi connectivity index (χ1v) is 14.1.